The Morgan fingerprint density at radius 1 is 1.11 bits per heavy atom. The predicted octanol–water partition coefficient (Wildman–Crippen LogP) is 3.65. The molecule has 1 aromatic heterocycles. The minimum atomic E-state index is -3.82. The van der Waals surface area contributed by atoms with Gasteiger partial charge >= 0.3 is 5.97 Å². The maximum absolute atomic E-state index is 12.2. The molecule has 0 fully saturated rings. The Balaban J connectivity index is 1.63. The van der Waals surface area contributed by atoms with Gasteiger partial charge in [0.2, 0.25) is 10.0 Å². The molecule has 0 radical (unpaired) electrons. The molecule has 0 atom stereocenters. The molecular formula is C17H12Cl2N2O5S2. The molecule has 3 rings (SSSR count). The summed E-state index contributed by atoms with van der Waals surface area (Å²) in [5.41, 5.74) is 0.322. The van der Waals surface area contributed by atoms with Crippen LogP contribution in [0.1, 0.15) is 9.67 Å². The lowest BCUT2D eigenvalue weighted by molar-refractivity contribution is -0.119. The fourth-order valence-corrected chi connectivity index (χ4v) is 4.49. The SMILES string of the molecule is NS(=O)(=O)c1ccc(NC(=O)COC(=O)c2sc3cc(Cl)ccc3c2Cl)cc1. The van der Waals surface area contributed by atoms with Gasteiger partial charge in [0.05, 0.1) is 9.92 Å². The van der Waals surface area contributed by atoms with Crippen molar-refractivity contribution in [2.45, 2.75) is 4.90 Å². The first-order valence-corrected chi connectivity index (χ1v) is 10.7. The van der Waals surface area contributed by atoms with Crippen LogP contribution in [0, 0.1) is 0 Å². The van der Waals surface area contributed by atoms with E-state index in [1.54, 1.807) is 18.2 Å². The maximum Gasteiger partial charge on any atom is 0.350 e. The second-order valence-electron chi connectivity index (χ2n) is 5.58. The Bertz CT molecular complexity index is 1170. The molecule has 1 amide bonds. The van der Waals surface area contributed by atoms with Crippen LogP contribution in [0.15, 0.2) is 47.4 Å². The largest absolute Gasteiger partial charge is 0.451 e. The molecule has 0 bridgehead atoms. The van der Waals surface area contributed by atoms with Crippen LogP contribution in [0.2, 0.25) is 10.0 Å². The predicted molar refractivity (Wildman–Crippen MR) is 109 cm³/mol. The smallest absolute Gasteiger partial charge is 0.350 e. The quantitative estimate of drug-likeness (QED) is 0.565. The van der Waals surface area contributed by atoms with E-state index in [2.05, 4.69) is 5.32 Å². The summed E-state index contributed by atoms with van der Waals surface area (Å²) in [7, 11) is -3.82. The lowest BCUT2D eigenvalue weighted by atomic mass is 10.2. The fraction of sp³-hybridized carbons (Fsp3) is 0.0588. The van der Waals surface area contributed by atoms with Crippen molar-refractivity contribution in [2.24, 2.45) is 5.14 Å². The van der Waals surface area contributed by atoms with E-state index in [0.29, 0.717) is 16.1 Å². The molecule has 2 aromatic carbocycles. The van der Waals surface area contributed by atoms with Crippen LogP contribution in [-0.4, -0.2) is 26.9 Å². The number of esters is 1. The fourth-order valence-electron chi connectivity index (χ4n) is 2.29. The van der Waals surface area contributed by atoms with Gasteiger partial charge in [0.15, 0.2) is 6.61 Å². The number of benzene rings is 2. The number of hydrogen-bond donors (Lipinski definition) is 2. The number of nitrogens with two attached hydrogens (primary N) is 1. The van der Waals surface area contributed by atoms with Crippen molar-refractivity contribution in [3.8, 4) is 0 Å². The minimum Gasteiger partial charge on any atom is -0.451 e. The van der Waals surface area contributed by atoms with E-state index < -0.39 is 28.5 Å². The number of hydrogen-bond acceptors (Lipinski definition) is 6. The molecular weight excluding hydrogens is 447 g/mol. The third-order valence-corrected chi connectivity index (χ3v) is 6.38. The number of fused-ring (bicyclic) bond motifs is 1. The zero-order chi connectivity index (χ0) is 20.5. The third kappa shape index (κ3) is 4.62. The number of nitrogens with one attached hydrogen (secondary N) is 1. The topological polar surface area (TPSA) is 116 Å². The van der Waals surface area contributed by atoms with Gasteiger partial charge in [-0.25, -0.2) is 18.4 Å². The highest BCUT2D eigenvalue weighted by molar-refractivity contribution is 7.89. The zero-order valence-corrected chi connectivity index (χ0v) is 17.1. The molecule has 3 N–H and O–H groups in total. The van der Waals surface area contributed by atoms with Gasteiger partial charge in [0, 0.05) is 20.8 Å². The lowest BCUT2D eigenvalue weighted by Gasteiger charge is -2.07. The summed E-state index contributed by atoms with van der Waals surface area (Å²) in [5.74, 6) is -1.33. The van der Waals surface area contributed by atoms with E-state index in [1.165, 1.54) is 24.3 Å². The molecule has 0 saturated heterocycles. The standard InChI is InChI=1S/C17H12Cl2N2O5S2/c18-9-1-6-12-13(7-9)27-16(15(12)19)17(23)26-8-14(22)21-10-2-4-11(5-3-10)28(20,24)25/h1-7H,8H2,(H,21,22)(H2,20,24,25). The Labute approximate surface area is 174 Å². The van der Waals surface area contributed by atoms with Crippen molar-refractivity contribution in [1.82, 2.24) is 0 Å². The Hall–Kier alpha value is -2.17. The molecule has 0 spiro atoms. The number of primary sulfonamides is 1. The summed E-state index contributed by atoms with van der Waals surface area (Å²) in [4.78, 5) is 24.3. The monoisotopic (exact) mass is 458 g/mol. The highest BCUT2D eigenvalue weighted by Crippen LogP contribution is 2.37. The van der Waals surface area contributed by atoms with Crippen LogP contribution in [0.5, 0.6) is 0 Å². The van der Waals surface area contributed by atoms with Crippen LogP contribution < -0.4 is 10.5 Å². The molecule has 3 aromatic rings. The van der Waals surface area contributed by atoms with Crippen LogP contribution in [0.25, 0.3) is 10.1 Å². The highest BCUT2D eigenvalue weighted by Gasteiger charge is 2.19. The first kappa shape index (κ1) is 20.6. The molecule has 28 heavy (non-hydrogen) atoms. The number of halogens is 2. The molecule has 1 heterocycles. The van der Waals surface area contributed by atoms with E-state index in [-0.39, 0.29) is 14.8 Å². The Morgan fingerprint density at radius 3 is 2.43 bits per heavy atom. The zero-order valence-electron chi connectivity index (χ0n) is 13.9. The Kier molecular flexibility index (Phi) is 5.92. The van der Waals surface area contributed by atoms with Gasteiger partial charge in [0.25, 0.3) is 5.91 Å². The number of carbonyl (C=O) groups excluding carboxylic acids is 2. The van der Waals surface area contributed by atoms with Gasteiger partial charge in [-0.15, -0.1) is 11.3 Å². The maximum atomic E-state index is 12.2. The van der Waals surface area contributed by atoms with E-state index in [1.807, 2.05) is 0 Å². The van der Waals surface area contributed by atoms with Gasteiger partial charge in [-0.05, 0) is 36.4 Å². The van der Waals surface area contributed by atoms with Gasteiger partial charge in [0.1, 0.15) is 4.88 Å². The van der Waals surface area contributed by atoms with Gasteiger partial charge in [-0.2, -0.15) is 0 Å². The van der Waals surface area contributed by atoms with Crippen LogP contribution in [0.3, 0.4) is 0 Å². The number of amides is 1. The van der Waals surface area contributed by atoms with Crippen molar-refractivity contribution in [1.29, 1.82) is 0 Å². The number of carbonyl (C=O) groups is 2. The molecule has 0 aliphatic rings. The summed E-state index contributed by atoms with van der Waals surface area (Å²) in [5, 5.41) is 8.90. The first-order chi connectivity index (χ1) is 13.1. The average molecular weight is 459 g/mol. The van der Waals surface area contributed by atoms with Crippen LogP contribution in [-0.2, 0) is 19.6 Å². The van der Waals surface area contributed by atoms with E-state index >= 15 is 0 Å². The van der Waals surface area contributed by atoms with Crippen LogP contribution in [0.4, 0.5) is 5.69 Å². The van der Waals surface area contributed by atoms with Crippen molar-refractivity contribution in [3.05, 3.63) is 57.4 Å². The number of rotatable bonds is 5. The average Bonchev–Trinajstić information content (AvgIpc) is 2.95. The minimum absolute atomic E-state index is 0.0866. The molecule has 7 nitrogen and oxygen atoms in total. The van der Waals surface area contributed by atoms with Gasteiger partial charge in [-0.3, -0.25) is 4.79 Å². The molecule has 0 aliphatic heterocycles. The Morgan fingerprint density at radius 2 is 1.79 bits per heavy atom. The molecule has 146 valence electrons. The normalized spacial score (nSPS) is 11.4. The van der Waals surface area contributed by atoms with Gasteiger partial charge in [-0.1, -0.05) is 29.3 Å². The third-order valence-electron chi connectivity index (χ3n) is 3.58. The van der Waals surface area contributed by atoms with E-state index in [4.69, 9.17) is 33.1 Å². The molecule has 0 unspecified atom stereocenters. The summed E-state index contributed by atoms with van der Waals surface area (Å²) in [6, 6.07) is 10.3. The second-order valence-corrected chi connectivity index (χ2v) is 9.01. The van der Waals surface area contributed by atoms with Crippen LogP contribution >= 0.6 is 34.5 Å². The summed E-state index contributed by atoms with van der Waals surface area (Å²) < 4.78 is 28.1. The molecule has 0 saturated carbocycles. The van der Waals surface area contributed by atoms with Crippen molar-refractivity contribution in [3.63, 3.8) is 0 Å². The van der Waals surface area contributed by atoms with Crippen molar-refractivity contribution < 1.29 is 22.7 Å². The van der Waals surface area contributed by atoms with Crippen molar-refractivity contribution in [2.75, 3.05) is 11.9 Å². The summed E-state index contributed by atoms with van der Waals surface area (Å²) >= 11 is 13.3. The number of sulfonamides is 1. The number of thiophene rings is 1. The first-order valence-electron chi connectivity index (χ1n) is 7.62. The second kappa shape index (κ2) is 8.06. The summed E-state index contributed by atoms with van der Waals surface area (Å²) in [6.45, 7) is -0.541. The highest BCUT2D eigenvalue weighted by atomic mass is 35.5. The number of anilines is 1. The number of ether oxygens (including phenoxy) is 1. The molecule has 11 heteroatoms. The molecule has 0 aliphatic carbocycles. The summed E-state index contributed by atoms with van der Waals surface area (Å²) in [6.07, 6.45) is 0. The van der Waals surface area contributed by atoms with E-state index in [9.17, 15) is 18.0 Å². The van der Waals surface area contributed by atoms with Gasteiger partial charge < -0.3 is 10.1 Å². The van der Waals surface area contributed by atoms with E-state index in [0.717, 1.165) is 16.0 Å². The van der Waals surface area contributed by atoms with Crippen molar-refractivity contribution >= 4 is 72.2 Å². The lowest BCUT2D eigenvalue weighted by Crippen LogP contribution is -2.20.